The third kappa shape index (κ3) is 4.18. The van der Waals surface area contributed by atoms with Crippen molar-refractivity contribution in [3.05, 3.63) is 46.8 Å². The van der Waals surface area contributed by atoms with Crippen molar-refractivity contribution in [1.82, 2.24) is 4.57 Å². The van der Waals surface area contributed by atoms with Crippen molar-refractivity contribution in [3.8, 4) is 17.2 Å². The normalized spacial score (nSPS) is 11.6. The Morgan fingerprint density at radius 2 is 1.86 bits per heavy atom. The maximum absolute atomic E-state index is 12.8. The lowest BCUT2D eigenvalue weighted by atomic mass is 10.2. The Hall–Kier alpha value is -2.45. The number of thiazole rings is 1. The van der Waals surface area contributed by atoms with E-state index in [9.17, 15) is 4.79 Å². The molecule has 3 aromatic rings. The maximum Gasteiger partial charge on any atom is 0.279 e. The minimum atomic E-state index is -0.322. The van der Waals surface area contributed by atoms with Gasteiger partial charge in [0.2, 0.25) is 0 Å². The van der Waals surface area contributed by atoms with Gasteiger partial charge in [0.05, 0.1) is 31.5 Å². The first-order valence-electron chi connectivity index (χ1n) is 8.58. The van der Waals surface area contributed by atoms with Crippen LogP contribution < -0.4 is 19.0 Å². The van der Waals surface area contributed by atoms with Gasteiger partial charge in [-0.25, -0.2) is 0 Å². The Morgan fingerprint density at radius 3 is 2.54 bits per heavy atom. The summed E-state index contributed by atoms with van der Waals surface area (Å²) >= 11 is 3.23. The average molecular weight is 419 g/mol. The number of ether oxygens (including phenoxy) is 3. The van der Waals surface area contributed by atoms with Gasteiger partial charge in [-0.15, -0.1) is 0 Å². The van der Waals surface area contributed by atoms with E-state index in [-0.39, 0.29) is 5.91 Å². The van der Waals surface area contributed by atoms with Crippen LogP contribution >= 0.6 is 23.1 Å². The number of hydrogen-bond acceptors (Lipinski definition) is 6. The summed E-state index contributed by atoms with van der Waals surface area (Å²) in [5.74, 6) is 2.46. The molecule has 0 unspecified atom stereocenters. The lowest BCUT2D eigenvalue weighted by Gasteiger charge is -2.08. The number of nitrogens with zero attached hydrogens (tertiary/aromatic N) is 2. The van der Waals surface area contributed by atoms with Crippen molar-refractivity contribution in [2.45, 2.75) is 6.54 Å². The Balaban J connectivity index is 2.07. The molecule has 0 saturated heterocycles. The van der Waals surface area contributed by atoms with Crippen LogP contribution in [0.4, 0.5) is 0 Å². The van der Waals surface area contributed by atoms with Gasteiger partial charge in [0.25, 0.3) is 5.91 Å². The quantitative estimate of drug-likeness (QED) is 0.584. The predicted octanol–water partition coefficient (Wildman–Crippen LogP) is 3.83. The second kappa shape index (κ2) is 9.16. The van der Waals surface area contributed by atoms with Crippen LogP contribution in [0, 0.1) is 0 Å². The zero-order chi connectivity index (χ0) is 20.1. The third-order valence-electron chi connectivity index (χ3n) is 4.24. The Morgan fingerprint density at radius 1 is 1.07 bits per heavy atom. The molecule has 8 heteroatoms. The summed E-state index contributed by atoms with van der Waals surface area (Å²) < 4.78 is 18.9. The summed E-state index contributed by atoms with van der Waals surface area (Å²) in [4.78, 5) is 17.9. The SMILES string of the molecule is COc1ccc2c(c1)sc(=NC(=O)c1ccc(OC)c(OC)c1)n2CCSC. The first-order chi connectivity index (χ1) is 13.6. The van der Waals surface area contributed by atoms with E-state index in [1.54, 1.807) is 51.3 Å². The Bertz CT molecular complexity index is 1060. The highest BCUT2D eigenvalue weighted by atomic mass is 32.2. The summed E-state index contributed by atoms with van der Waals surface area (Å²) in [6.07, 6.45) is 2.06. The molecule has 1 amide bonds. The van der Waals surface area contributed by atoms with E-state index in [0.717, 1.165) is 28.3 Å². The smallest absolute Gasteiger partial charge is 0.279 e. The Labute approximate surface area is 171 Å². The number of amides is 1. The molecular formula is C20H22N2O4S2. The molecule has 0 spiro atoms. The van der Waals surface area contributed by atoms with Gasteiger partial charge < -0.3 is 18.8 Å². The Kier molecular flexibility index (Phi) is 6.64. The minimum Gasteiger partial charge on any atom is -0.497 e. The topological polar surface area (TPSA) is 62.1 Å². The molecule has 3 rings (SSSR count). The number of carbonyl (C=O) groups is 1. The maximum atomic E-state index is 12.8. The van der Waals surface area contributed by atoms with Gasteiger partial charge in [-0.2, -0.15) is 16.8 Å². The minimum absolute atomic E-state index is 0.322. The van der Waals surface area contributed by atoms with E-state index < -0.39 is 0 Å². The summed E-state index contributed by atoms with van der Waals surface area (Å²) in [5, 5.41) is 0. The van der Waals surface area contributed by atoms with Crippen LogP contribution in [0.1, 0.15) is 10.4 Å². The van der Waals surface area contributed by atoms with Crippen molar-refractivity contribution >= 4 is 39.2 Å². The zero-order valence-corrected chi connectivity index (χ0v) is 17.9. The van der Waals surface area contributed by atoms with Gasteiger partial charge in [-0.05, 0) is 42.7 Å². The molecule has 0 atom stereocenters. The van der Waals surface area contributed by atoms with Crippen molar-refractivity contribution in [2.24, 2.45) is 4.99 Å². The van der Waals surface area contributed by atoms with E-state index in [4.69, 9.17) is 14.2 Å². The molecule has 0 aliphatic heterocycles. The number of hydrogen-bond donors (Lipinski definition) is 0. The number of benzene rings is 2. The van der Waals surface area contributed by atoms with Crippen LogP contribution in [-0.4, -0.2) is 43.8 Å². The van der Waals surface area contributed by atoms with Gasteiger partial charge in [-0.3, -0.25) is 4.79 Å². The van der Waals surface area contributed by atoms with Crippen LogP contribution in [-0.2, 0) is 6.54 Å². The van der Waals surface area contributed by atoms with E-state index >= 15 is 0 Å². The van der Waals surface area contributed by atoms with Gasteiger partial charge in [0.1, 0.15) is 5.75 Å². The summed E-state index contributed by atoms with van der Waals surface area (Å²) in [6.45, 7) is 0.769. The van der Waals surface area contributed by atoms with Gasteiger partial charge in [-0.1, -0.05) is 11.3 Å². The second-order valence-corrected chi connectivity index (χ2v) is 7.84. The number of methoxy groups -OCH3 is 3. The number of rotatable bonds is 7. The molecule has 28 heavy (non-hydrogen) atoms. The van der Waals surface area contributed by atoms with Gasteiger partial charge >= 0.3 is 0 Å². The molecule has 0 fully saturated rings. The molecule has 6 nitrogen and oxygen atoms in total. The lowest BCUT2D eigenvalue weighted by Crippen LogP contribution is -2.18. The molecule has 0 aliphatic carbocycles. The molecular weight excluding hydrogens is 396 g/mol. The van der Waals surface area contributed by atoms with Crippen LogP contribution in [0.3, 0.4) is 0 Å². The van der Waals surface area contributed by atoms with E-state index in [1.165, 1.54) is 11.3 Å². The average Bonchev–Trinajstić information content (AvgIpc) is 3.07. The third-order valence-corrected chi connectivity index (χ3v) is 5.87. The molecule has 0 aliphatic rings. The molecule has 148 valence electrons. The zero-order valence-electron chi connectivity index (χ0n) is 16.2. The molecule has 1 aromatic heterocycles. The van der Waals surface area contributed by atoms with Crippen LogP contribution in [0.25, 0.3) is 10.2 Å². The fraction of sp³-hybridized carbons (Fsp3) is 0.300. The monoisotopic (exact) mass is 418 g/mol. The number of fused-ring (bicyclic) bond motifs is 1. The lowest BCUT2D eigenvalue weighted by molar-refractivity contribution is 0.0997. The van der Waals surface area contributed by atoms with E-state index in [2.05, 4.69) is 15.8 Å². The highest BCUT2D eigenvalue weighted by Gasteiger charge is 2.12. The summed E-state index contributed by atoms with van der Waals surface area (Å²) in [5.41, 5.74) is 1.49. The van der Waals surface area contributed by atoms with Crippen molar-refractivity contribution < 1.29 is 19.0 Å². The standard InChI is InChI=1S/C20H22N2O4S2/c1-24-14-6-7-15-18(12-14)28-20(22(15)9-10-27-4)21-19(23)13-5-8-16(25-2)17(11-13)26-3/h5-8,11-12H,9-10H2,1-4H3. The van der Waals surface area contributed by atoms with Crippen LogP contribution in [0.5, 0.6) is 17.2 Å². The van der Waals surface area contributed by atoms with Crippen molar-refractivity contribution in [3.63, 3.8) is 0 Å². The molecule has 0 N–H and O–H groups in total. The van der Waals surface area contributed by atoms with Gasteiger partial charge in [0.15, 0.2) is 16.3 Å². The van der Waals surface area contributed by atoms with E-state index in [1.807, 2.05) is 18.2 Å². The van der Waals surface area contributed by atoms with E-state index in [0.29, 0.717) is 21.9 Å². The molecule has 0 radical (unpaired) electrons. The molecule has 1 heterocycles. The van der Waals surface area contributed by atoms with Crippen molar-refractivity contribution in [2.75, 3.05) is 33.3 Å². The molecule has 0 bridgehead atoms. The number of carbonyl (C=O) groups excluding carboxylic acids is 1. The predicted molar refractivity (Wildman–Crippen MR) is 114 cm³/mol. The summed E-state index contributed by atoms with van der Waals surface area (Å²) in [6, 6.07) is 10.9. The second-order valence-electron chi connectivity index (χ2n) is 5.85. The highest BCUT2D eigenvalue weighted by molar-refractivity contribution is 7.98. The van der Waals surface area contributed by atoms with Crippen LogP contribution in [0.15, 0.2) is 41.4 Å². The number of aryl methyl sites for hydroxylation is 1. The largest absolute Gasteiger partial charge is 0.497 e. The van der Waals surface area contributed by atoms with Gasteiger partial charge in [0, 0.05) is 17.9 Å². The first-order valence-corrected chi connectivity index (χ1v) is 10.8. The van der Waals surface area contributed by atoms with Crippen molar-refractivity contribution in [1.29, 1.82) is 0 Å². The molecule has 2 aromatic carbocycles. The fourth-order valence-electron chi connectivity index (χ4n) is 2.79. The fourth-order valence-corrected chi connectivity index (χ4v) is 4.23. The molecule has 0 saturated carbocycles. The first kappa shape index (κ1) is 20.3. The number of aromatic nitrogens is 1. The number of thioether (sulfide) groups is 1. The highest BCUT2D eigenvalue weighted by Crippen LogP contribution is 2.28. The summed E-state index contributed by atoms with van der Waals surface area (Å²) in [7, 11) is 4.74. The van der Waals surface area contributed by atoms with Crippen LogP contribution in [0.2, 0.25) is 0 Å².